The summed E-state index contributed by atoms with van der Waals surface area (Å²) in [5.74, 6) is 0.496. The molecule has 2 N–H and O–H groups in total. The average molecular weight is 453 g/mol. The van der Waals surface area contributed by atoms with Crippen LogP contribution in [0.4, 0.5) is 0 Å². The molecule has 1 saturated heterocycles. The van der Waals surface area contributed by atoms with Crippen molar-refractivity contribution in [2.75, 3.05) is 60.0 Å². The average Bonchev–Trinajstić information content (AvgIpc) is 2.83. The number of hydrogen-bond donors (Lipinski definition) is 2. The van der Waals surface area contributed by atoms with Crippen LogP contribution in [0.25, 0.3) is 0 Å². The van der Waals surface area contributed by atoms with Gasteiger partial charge in [-0.15, -0.1) is 0 Å². The molecule has 2 aromatic rings. The SMILES string of the molecule is COc1cc(CN2CCN(C)CC2)cc(C(=O)NCC(O)CN2CCc3ccccc3C2)c1. The van der Waals surface area contributed by atoms with E-state index >= 15 is 0 Å². The Hall–Kier alpha value is -2.45. The fourth-order valence-corrected chi connectivity index (χ4v) is 4.65. The second kappa shape index (κ2) is 11.1. The fraction of sp³-hybridized carbons (Fsp3) is 0.500. The molecule has 0 spiro atoms. The summed E-state index contributed by atoms with van der Waals surface area (Å²) in [6.07, 6.45) is 0.379. The molecule has 1 amide bonds. The lowest BCUT2D eigenvalue weighted by atomic mass is 10.00. The zero-order chi connectivity index (χ0) is 23.2. The quantitative estimate of drug-likeness (QED) is 0.634. The van der Waals surface area contributed by atoms with E-state index in [2.05, 4.69) is 51.3 Å². The lowest BCUT2D eigenvalue weighted by molar-refractivity contribution is 0.0841. The third-order valence-electron chi connectivity index (χ3n) is 6.64. The van der Waals surface area contributed by atoms with Crippen molar-refractivity contribution in [1.29, 1.82) is 0 Å². The number of nitrogens with zero attached hydrogens (tertiary/aromatic N) is 3. The minimum atomic E-state index is -0.616. The van der Waals surface area contributed by atoms with E-state index in [4.69, 9.17) is 4.74 Å². The van der Waals surface area contributed by atoms with Crippen LogP contribution in [0.5, 0.6) is 5.75 Å². The molecule has 2 aliphatic heterocycles. The van der Waals surface area contributed by atoms with E-state index < -0.39 is 6.10 Å². The van der Waals surface area contributed by atoms with Gasteiger partial charge in [-0.2, -0.15) is 0 Å². The van der Waals surface area contributed by atoms with E-state index in [-0.39, 0.29) is 12.5 Å². The van der Waals surface area contributed by atoms with Crippen LogP contribution in [0, 0.1) is 0 Å². The number of β-amino-alcohol motifs (C(OH)–C–C–N with tert-alkyl or cyclic N) is 1. The molecule has 0 bridgehead atoms. The van der Waals surface area contributed by atoms with Gasteiger partial charge in [0.2, 0.25) is 0 Å². The summed E-state index contributed by atoms with van der Waals surface area (Å²) < 4.78 is 5.44. The summed E-state index contributed by atoms with van der Waals surface area (Å²) in [7, 11) is 3.76. The summed E-state index contributed by atoms with van der Waals surface area (Å²) in [4.78, 5) is 19.8. The summed E-state index contributed by atoms with van der Waals surface area (Å²) in [5, 5.41) is 13.5. The number of ether oxygens (including phenoxy) is 1. The molecule has 0 aliphatic carbocycles. The van der Waals surface area contributed by atoms with Gasteiger partial charge in [0.05, 0.1) is 13.2 Å². The molecular formula is C26H36N4O3. The van der Waals surface area contributed by atoms with Crippen molar-refractivity contribution in [1.82, 2.24) is 20.0 Å². The molecule has 1 fully saturated rings. The summed E-state index contributed by atoms with van der Waals surface area (Å²) in [6, 6.07) is 14.2. The first-order chi connectivity index (χ1) is 16.0. The zero-order valence-electron chi connectivity index (χ0n) is 19.8. The normalized spacial score (nSPS) is 18.5. The van der Waals surface area contributed by atoms with Crippen molar-refractivity contribution < 1.29 is 14.6 Å². The lowest BCUT2D eigenvalue weighted by Gasteiger charge is -2.32. The molecule has 4 rings (SSSR count). The van der Waals surface area contributed by atoms with E-state index in [1.165, 1.54) is 11.1 Å². The largest absolute Gasteiger partial charge is 0.497 e. The van der Waals surface area contributed by atoms with Crippen LogP contribution in [0.2, 0.25) is 0 Å². The van der Waals surface area contributed by atoms with Crippen LogP contribution in [0.15, 0.2) is 42.5 Å². The number of likely N-dealkylation sites (N-methyl/N-ethyl adjacent to an activating group) is 1. The number of methoxy groups -OCH3 is 1. The van der Waals surface area contributed by atoms with Crippen molar-refractivity contribution in [2.45, 2.75) is 25.6 Å². The Kier molecular flexibility index (Phi) is 7.98. The van der Waals surface area contributed by atoms with Gasteiger partial charge >= 0.3 is 0 Å². The number of nitrogens with one attached hydrogen (secondary N) is 1. The Bertz CT molecular complexity index is 943. The van der Waals surface area contributed by atoms with Gasteiger partial charge in [0.25, 0.3) is 5.91 Å². The molecule has 1 atom stereocenters. The van der Waals surface area contributed by atoms with Gasteiger partial charge in [0, 0.05) is 64.5 Å². The molecule has 7 nitrogen and oxygen atoms in total. The van der Waals surface area contributed by atoms with Crippen molar-refractivity contribution in [3.8, 4) is 5.75 Å². The number of carbonyl (C=O) groups is 1. The summed E-state index contributed by atoms with van der Waals surface area (Å²) in [5.41, 5.74) is 4.35. The number of hydrogen-bond acceptors (Lipinski definition) is 6. The zero-order valence-corrected chi connectivity index (χ0v) is 19.8. The van der Waals surface area contributed by atoms with E-state index in [0.29, 0.717) is 17.9 Å². The van der Waals surface area contributed by atoms with Crippen molar-refractivity contribution in [2.24, 2.45) is 0 Å². The maximum absolute atomic E-state index is 12.8. The maximum atomic E-state index is 12.8. The van der Waals surface area contributed by atoms with Crippen molar-refractivity contribution >= 4 is 5.91 Å². The minimum absolute atomic E-state index is 0.184. The number of aliphatic hydroxyl groups excluding tert-OH is 1. The van der Waals surface area contributed by atoms with Gasteiger partial charge in [-0.05, 0) is 48.4 Å². The van der Waals surface area contributed by atoms with E-state index in [0.717, 1.165) is 57.8 Å². The van der Waals surface area contributed by atoms with Gasteiger partial charge in [-0.1, -0.05) is 24.3 Å². The summed E-state index contributed by atoms with van der Waals surface area (Å²) >= 11 is 0. The first-order valence-electron chi connectivity index (χ1n) is 11.8. The second-order valence-electron chi connectivity index (χ2n) is 9.27. The molecule has 33 heavy (non-hydrogen) atoms. The van der Waals surface area contributed by atoms with E-state index in [1.54, 1.807) is 13.2 Å². The molecule has 7 heteroatoms. The Labute approximate surface area is 196 Å². The van der Waals surface area contributed by atoms with Crippen LogP contribution >= 0.6 is 0 Å². The van der Waals surface area contributed by atoms with Gasteiger partial charge in [0.15, 0.2) is 0 Å². The van der Waals surface area contributed by atoms with Crippen LogP contribution in [0.1, 0.15) is 27.0 Å². The highest BCUT2D eigenvalue weighted by Gasteiger charge is 2.20. The molecule has 2 aromatic carbocycles. The highest BCUT2D eigenvalue weighted by molar-refractivity contribution is 5.94. The second-order valence-corrected chi connectivity index (χ2v) is 9.27. The molecule has 2 heterocycles. The molecule has 0 radical (unpaired) electrons. The number of rotatable bonds is 8. The van der Waals surface area contributed by atoms with Gasteiger partial charge in [-0.25, -0.2) is 0 Å². The van der Waals surface area contributed by atoms with Gasteiger partial charge < -0.3 is 20.1 Å². The highest BCUT2D eigenvalue weighted by Crippen LogP contribution is 2.20. The predicted octanol–water partition coefficient (Wildman–Crippen LogP) is 1.59. The standard InChI is InChI=1S/C26H36N4O3/c1-28-9-11-29(12-10-28)17-20-13-23(15-25(14-20)33-2)26(32)27-16-24(31)19-30-8-7-21-5-3-4-6-22(21)18-30/h3-6,13-15,24,31H,7-12,16-19H2,1-2H3,(H,27,32). The van der Waals surface area contributed by atoms with Gasteiger partial charge in [0.1, 0.15) is 5.75 Å². The minimum Gasteiger partial charge on any atom is -0.497 e. The molecule has 178 valence electrons. The molecule has 2 aliphatic rings. The monoisotopic (exact) mass is 452 g/mol. The smallest absolute Gasteiger partial charge is 0.251 e. The Balaban J connectivity index is 1.30. The Morgan fingerprint density at radius 1 is 1.06 bits per heavy atom. The molecular weight excluding hydrogens is 416 g/mol. The lowest BCUT2D eigenvalue weighted by Crippen LogP contribution is -2.43. The number of benzene rings is 2. The van der Waals surface area contributed by atoms with E-state index in [9.17, 15) is 9.90 Å². The van der Waals surface area contributed by atoms with Crippen LogP contribution < -0.4 is 10.1 Å². The first-order valence-corrected chi connectivity index (χ1v) is 11.8. The van der Waals surface area contributed by atoms with Crippen LogP contribution in [0.3, 0.4) is 0 Å². The summed E-state index contributed by atoms with van der Waals surface area (Å²) in [6.45, 7) is 7.47. The van der Waals surface area contributed by atoms with Crippen LogP contribution in [-0.4, -0.2) is 91.8 Å². The molecule has 0 aromatic heterocycles. The third kappa shape index (κ3) is 6.54. The number of amides is 1. The number of fused-ring (bicyclic) bond motifs is 1. The molecule has 1 unspecified atom stereocenters. The van der Waals surface area contributed by atoms with Crippen molar-refractivity contribution in [3.05, 3.63) is 64.7 Å². The topological polar surface area (TPSA) is 68.3 Å². The Morgan fingerprint density at radius 3 is 2.58 bits per heavy atom. The first kappa shape index (κ1) is 23.7. The fourth-order valence-electron chi connectivity index (χ4n) is 4.65. The number of piperazine rings is 1. The Morgan fingerprint density at radius 2 is 1.82 bits per heavy atom. The highest BCUT2D eigenvalue weighted by atomic mass is 16.5. The third-order valence-corrected chi connectivity index (χ3v) is 6.64. The maximum Gasteiger partial charge on any atom is 0.251 e. The number of aliphatic hydroxyl groups is 1. The van der Waals surface area contributed by atoms with Crippen molar-refractivity contribution in [3.63, 3.8) is 0 Å². The number of carbonyl (C=O) groups excluding carboxylic acids is 1. The predicted molar refractivity (Wildman–Crippen MR) is 130 cm³/mol. The van der Waals surface area contributed by atoms with Gasteiger partial charge in [-0.3, -0.25) is 14.6 Å². The van der Waals surface area contributed by atoms with E-state index in [1.807, 2.05) is 12.1 Å². The van der Waals surface area contributed by atoms with Crippen LogP contribution in [-0.2, 0) is 19.5 Å². The molecule has 0 saturated carbocycles.